The van der Waals surface area contributed by atoms with Crippen molar-refractivity contribution < 1.29 is 9.53 Å². The first-order valence-corrected chi connectivity index (χ1v) is 3.67. The molecule has 1 unspecified atom stereocenters. The minimum Gasteiger partial charge on any atom is -0.378 e. The van der Waals surface area contributed by atoms with Crippen LogP contribution in [-0.4, -0.2) is 50.7 Å². The van der Waals surface area contributed by atoms with Gasteiger partial charge in [-0.1, -0.05) is 0 Å². The molecule has 4 nitrogen and oxygen atoms in total. The van der Waals surface area contributed by atoms with Gasteiger partial charge in [-0.2, -0.15) is 0 Å². The minimum atomic E-state index is -0.265. The van der Waals surface area contributed by atoms with Crippen molar-refractivity contribution in [3.63, 3.8) is 0 Å². The number of ether oxygens (including phenoxy) is 1. The van der Waals surface area contributed by atoms with Crippen LogP contribution in [0, 0.1) is 0 Å². The second-order valence-electron chi connectivity index (χ2n) is 2.73. The van der Waals surface area contributed by atoms with Crippen LogP contribution in [-0.2, 0) is 9.53 Å². The van der Waals surface area contributed by atoms with E-state index in [4.69, 9.17) is 4.74 Å². The maximum absolute atomic E-state index is 11.3. The predicted octanol–water partition coefficient (Wildman–Crippen LogP) is -0.922. The Bertz CT molecular complexity index is 141. The summed E-state index contributed by atoms with van der Waals surface area (Å²) in [5.41, 5.74) is 0. The summed E-state index contributed by atoms with van der Waals surface area (Å²) >= 11 is 0. The Hall–Kier alpha value is -0.610. The number of amides is 1. The molecule has 0 N–H and O–H groups in total. The zero-order valence-electron chi connectivity index (χ0n) is 6.91. The fourth-order valence-corrected chi connectivity index (χ4v) is 0.968. The van der Waals surface area contributed by atoms with Crippen molar-refractivity contribution in [3.05, 3.63) is 0 Å². The smallest absolute Gasteiger partial charge is 0.243 e. The van der Waals surface area contributed by atoms with Crippen LogP contribution in [0.15, 0.2) is 0 Å². The standard InChI is InChI=1S/C7H13N2O2/c1-9(2)7(10)6-5-11-4-3-8-6/h6H,3-5H2,1-2H3. The number of hydrogen-bond donors (Lipinski definition) is 0. The lowest BCUT2D eigenvalue weighted by Crippen LogP contribution is -2.46. The molecule has 4 heteroatoms. The first-order valence-electron chi connectivity index (χ1n) is 3.67. The Morgan fingerprint density at radius 1 is 1.64 bits per heavy atom. The van der Waals surface area contributed by atoms with E-state index in [0.29, 0.717) is 19.8 Å². The van der Waals surface area contributed by atoms with Crippen LogP contribution in [0.5, 0.6) is 0 Å². The summed E-state index contributed by atoms with van der Waals surface area (Å²) in [6.45, 7) is 1.73. The molecule has 0 bridgehead atoms. The number of morpholine rings is 1. The summed E-state index contributed by atoms with van der Waals surface area (Å²) < 4.78 is 5.11. The minimum absolute atomic E-state index is 0.0321. The lowest BCUT2D eigenvalue weighted by Gasteiger charge is -2.23. The molecule has 1 aliphatic heterocycles. The zero-order valence-corrected chi connectivity index (χ0v) is 6.91. The first kappa shape index (κ1) is 8.49. The molecule has 0 spiro atoms. The molecule has 1 atom stereocenters. The SMILES string of the molecule is CN(C)C(=O)C1COCC[N]1. The van der Waals surface area contributed by atoms with E-state index in [0.717, 1.165) is 0 Å². The van der Waals surface area contributed by atoms with Gasteiger partial charge in [0.2, 0.25) is 5.91 Å². The van der Waals surface area contributed by atoms with Crippen molar-refractivity contribution in [1.82, 2.24) is 10.2 Å². The molecule has 0 aromatic rings. The van der Waals surface area contributed by atoms with Crippen LogP contribution in [0.4, 0.5) is 0 Å². The quantitative estimate of drug-likeness (QED) is 0.494. The van der Waals surface area contributed by atoms with Gasteiger partial charge in [-0.15, -0.1) is 0 Å². The topological polar surface area (TPSA) is 43.6 Å². The molecular weight excluding hydrogens is 144 g/mol. The molecule has 1 amide bonds. The van der Waals surface area contributed by atoms with E-state index in [2.05, 4.69) is 5.32 Å². The van der Waals surface area contributed by atoms with Crippen molar-refractivity contribution in [2.75, 3.05) is 33.9 Å². The summed E-state index contributed by atoms with van der Waals surface area (Å²) in [6.07, 6.45) is 0. The van der Waals surface area contributed by atoms with Crippen molar-refractivity contribution in [1.29, 1.82) is 0 Å². The van der Waals surface area contributed by atoms with Gasteiger partial charge in [0.1, 0.15) is 6.04 Å². The fraction of sp³-hybridized carbons (Fsp3) is 0.857. The number of rotatable bonds is 1. The van der Waals surface area contributed by atoms with Crippen molar-refractivity contribution in [2.45, 2.75) is 6.04 Å². The second kappa shape index (κ2) is 3.69. The second-order valence-corrected chi connectivity index (χ2v) is 2.73. The van der Waals surface area contributed by atoms with E-state index in [-0.39, 0.29) is 11.9 Å². The van der Waals surface area contributed by atoms with Gasteiger partial charge < -0.3 is 9.64 Å². The number of carbonyl (C=O) groups excluding carboxylic acids is 1. The van der Waals surface area contributed by atoms with Crippen LogP contribution in [0.3, 0.4) is 0 Å². The third-order valence-corrected chi connectivity index (χ3v) is 1.59. The predicted molar refractivity (Wildman–Crippen MR) is 40.3 cm³/mol. The molecule has 0 aromatic carbocycles. The van der Waals surface area contributed by atoms with Crippen LogP contribution >= 0.6 is 0 Å². The Morgan fingerprint density at radius 2 is 2.36 bits per heavy atom. The molecule has 1 aliphatic rings. The van der Waals surface area contributed by atoms with Crippen molar-refractivity contribution in [3.8, 4) is 0 Å². The van der Waals surface area contributed by atoms with Gasteiger partial charge in [-0.05, 0) is 0 Å². The van der Waals surface area contributed by atoms with Crippen LogP contribution in [0.25, 0.3) is 0 Å². The third kappa shape index (κ3) is 2.17. The Kier molecular flexibility index (Phi) is 2.84. The van der Waals surface area contributed by atoms with Gasteiger partial charge in [0.05, 0.1) is 13.2 Å². The summed E-state index contributed by atoms with van der Waals surface area (Å²) in [7, 11) is 3.46. The lowest BCUT2D eigenvalue weighted by molar-refractivity contribution is -0.133. The lowest BCUT2D eigenvalue weighted by atomic mass is 10.2. The summed E-state index contributed by atoms with van der Waals surface area (Å²) in [6, 6.07) is -0.265. The first-order chi connectivity index (χ1) is 5.22. The monoisotopic (exact) mass is 157 g/mol. The molecule has 1 radical (unpaired) electrons. The maximum Gasteiger partial charge on any atom is 0.243 e. The van der Waals surface area contributed by atoms with Gasteiger partial charge in [-0.25, -0.2) is 5.32 Å². The third-order valence-electron chi connectivity index (χ3n) is 1.59. The fourth-order valence-electron chi connectivity index (χ4n) is 0.968. The molecule has 1 fully saturated rings. The van der Waals surface area contributed by atoms with Gasteiger partial charge >= 0.3 is 0 Å². The molecule has 11 heavy (non-hydrogen) atoms. The molecule has 1 saturated heterocycles. The zero-order chi connectivity index (χ0) is 8.27. The summed E-state index contributed by atoms with van der Waals surface area (Å²) in [4.78, 5) is 12.8. The normalized spacial score (nSPS) is 24.7. The van der Waals surface area contributed by atoms with E-state index < -0.39 is 0 Å². The van der Waals surface area contributed by atoms with E-state index in [1.807, 2.05) is 0 Å². The van der Waals surface area contributed by atoms with Crippen LogP contribution in [0.1, 0.15) is 0 Å². The molecule has 0 saturated carbocycles. The number of nitrogens with zero attached hydrogens (tertiary/aromatic N) is 2. The average Bonchev–Trinajstić information content (AvgIpc) is 2.05. The number of hydrogen-bond acceptors (Lipinski definition) is 2. The van der Waals surface area contributed by atoms with E-state index >= 15 is 0 Å². The Labute approximate surface area is 66.5 Å². The molecule has 0 aliphatic carbocycles. The van der Waals surface area contributed by atoms with Crippen molar-refractivity contribution in [2.24, 2.45) is 0 Å². The van der Waals surface area contributed by atoms with Crippen molar-refractivity contribution >= 4 is 5.91 Å². The van der Waals surface area contributed by atoms with E-state index in [9.17, 15) is 4.79 Å². The molecule has 1 heterocycles. The Morgan fingerprint density at radius 3 is 2.82 bits per heavy atom. The molecular formula is C7H13N2O2. The highest BCUT2D eigenvalue weighted by molar-refractivity contribution is 5.81. The van der Waals surface area contributed by atoms with Crippen LogP contribution < -0.4 is 5.32 Å². The largest absolute Gasteiger partial charge is 0.378 e. The summed E-state index contributed by atoms with van der Waals surface area (Å²) in [5, 5.41) is 4.13. The highest BCUT2D eigenvalue weighted by Gasteiger charge is 2.23. The van der Waals surface area contributed by atoms with Gasteiger partial charge in [-0.3, -0.25) is 4.79 Å². The van der Waals surface area contributed by atoms with E-state index in [1.165, 1.54) is 0 Å². The molecule has 63 valence electrons. The highest BCUT2D eigenvalue weighted by atomic mass is 16.5. The van der Waals surface area contributed by atoms with Gasteiger partial charge in [0.15, 0.2) is 0 Å². The average molecular weight is 157 g/mol. The molecule has 1 rings (SSSR count). The van der Waals surface area contributed by atoms with Crippen LogP contribution in [0.2, 0.25) is 0 Å². The number of likely N-dealkylation sites (N-methyl/N-ethyl adjacent to an activating group) is 1. The Balaban J connectivity index is 2.39. The molecule has 0 aromatic heterocycles. The van der Waals surface area contributed by atoms with E-state index in [1.54, 1.807) is 19.0 Å². The summed E-state index contributed by atoms with van der Waals surface area (Å²) in [5.74, 6) is 0.0321. The number of carbonyl (C=O) groups is 1. The van der Waals surface area contributed by atoms with Gasteiger partial charge in [0.25, 0.3) is 0 Å². The maximum atomic E-state index is 11.3. The van der Waals surface area contributed by atoms with Gasteiger partial charge in [0, 0.05) is 20.6 Å². The highest BCUT2D eigenvalue weighted by Crippen LogP contribution is 1.97.